The summed E-state index contributed by atoms with van der Waals surface area (Å²) < 4.78 is 9.86. The van der Waals surface area contributed by atoms with Gasteiger partial charge in [0.2, 0.25) is 5.78 Å². The molecule has 0 radical (unpaired) electrons. The molecule has 0 saturated carbocycles. The number of nitrogens with zero attached hydrogens (tertiary/aromatic N) is 1. The Morgan fingerprint density at radius 3 is 2.17 bits per heavy atom. The Kier molecular flexibility index (Phi) is 5.55. The maximum absolute atomic E-state index is 12.7. The number of H-pyrrole nitrogens is 1. The Morgan fingerprint density at radius 2 is 1.63 bits per heavy atom. The third-order valence-electron chi connectivity index (χ3n) is 4.92. The number of Topliss-reactive ketones (excluding diaryl/α,β-unsaturated/α-hetero) is 1. The number of rotatable bonds is 6. The van der Waals surface area contributed by atoms with Crippen molar-refractivity contribution < 1.29 is 33.4 Å². The van der Waals surface area contributed by atoms with Crippen LogP contribution in [-0.2, 0) is 14.3 Å². The second-order valence-electron chi connectivity index (χ2n) is 6.85. The first-order chi connectivity index (χ1) is 14.2. The highest BCUT2D eigenvalue weighted by Crippen LogP contribution is 2.23. The second kappa shape index (κ2) is 7.94. The third kappa shape index (κ3) is 3.49. The standard InChI is InChI=1S/C21H20N2O7/c1-10-16(21(28)29-4)11(2)22-17(10)18(25)12(3)30-15(24)9-23-19(26)13-7-5-6-8-14(13)20(23)27/h5-8,12,22H,9H2,1-4H3/t12-/m0/s1. The highest BCUT2D eigenvalue weighted by atomic mass is 16.5. The summed E-state index contributed by atoms with van der Waals surface area (Å²) in [7, 11) is 1.24. The normalized spacial score (nSPS) is 13.8. The van der Waals surface area contributed by atoms with Gasteiger partial charge in [-0.15, -0.1) is 0 Å². The molecule has 0 spiro atoms. The maximum Gasteiger partial charge on any atom is 0.339 e. The maximum atomic E-state index is 12.7. The molecule has 0 bridgehead atoms. The number of hydrogen-bond donors (Lipinski definition) is 1. The van der Waals surface area contributed by atoms with Gasteiger partial charge in [-0.25, -0.2) is 4.79 Å². The van der Waals surface area contributed by atoms with Gasteiger partial charge in [0.15, 0.2) is 6.10 Å². The van der Waals surface area contributed by atoms with E-state index in [-0.39, 0.29) is 22.4 Å². The average Bonchev–Trinajstić information content (AvgIpc) is 3.15. The fraction of sp³-hybridized carbons (Fsp3) is 0.286. The zero-order valence-electron chi connectivity index (χ0n) is 16.9. The molecule has 0 aliphatic carbocycles. The van der Waals surface area contributed by atoms with Crippen LogP contribution >= 0.6 is 0 Å². The monoisotopic (exact) mass is 412 g/mol. The average molecular weight is 412 g/mol. The van der Waals surface area contributed by atoms with Gasteiger partial charge >= 0.3 is 11.9 Å². The first-order valence-corrected chi connectivity index (χ1v) is 9.13. The van der Waals surface area contributed by atoms with Crippen LogP contribution in [0.1, 0.15) is 59.7 Å². The Bertz CT molecular complexity index is 1050. The summed E-state index contributed by atoms with van der Waals surface area (Å²) in [6, 6.07) is 6.25. The van der Waals surface area contributed by atoms with E-state index in [1.165, 1.54) is 26.2 Å². The van der Waals surface area contributed by atoms with Gasteiger partial charge in [-0.05, 0) is 38.5 Å². The van der Waals surface area contributed by atoms with Crippen LogP contribution in [0.3, 0.4) is 0 Å². The van der Waals surface area contributed by atoms with E-state index < -0.39 is 42.2 Å². The smallest absolute Gasteiger partial charge is 0.339 e. The van der Waals surface area contributed by atoms with Crippen LogP contribution in [0.5, 0.6) is 0 Å². The molecule has 0 saturated heterocycles. The number of aromatic amines is 1. The number of aromatic nitrogens is 1. The first-order valence-electron chi connectivity index (χ1n) is 9.13. The summed E-state index contributed by atoms with van der Waals surface area (Å²) >= 11 is 0. The number of nitrogens with one attached hydrogen (secondary N) is 1. The molecule has 9 nitrogen and oxygen atoms in total. The number of esters is 2. The van der Waals surface area contributed by atoms with Crippen molar-refractivity contribution in [1.82, 2.24) is 9.88 Å². The first kappa shape index (κ1) is 21.0. The number of carbonyl (C=O) groups excluding carboxylic acids is 5. The zero-order chi connectivity index (χ0) is 22.2. The molecule has 2 amide bonds. The van der Waals surface area contributed by atoms with E-state index in [2.05, 4.69) is 4.98 Å². The minimum atomic E-state index is -1.20. The van der Waals surface area contributed by atoms with E-state index >= 15 is 0 Å². The highest BCUT2D eigenvalue weighted by Gasteiger charge is 2.37. The third-order valence-corrected chi connectivity index (χ3v) is 4.92. The summed E-state index contributed by atoms with van der Waals surface area (Å²) in [5, 5.41) is 0. The largest absolute Gasteiger partial charge is 0.465 e. The van der Waals surface area contributed by atoms with Crippen molar-refractivity contribution in [2.45, 2.75) is 26.9 Å². The van der Waals surface area contributed by atoms with E-state index in [9.17, 15) is 24.0 Å². The van der Waals surface area contributed by atoms with Crippen molar-refractivity contribution >= 4 is 29.5 Å². The minimum absolute atomic E-state index is 0.119. The summed E-state index contributed by atoms with van der Waals surface area (Å²) in [4.78, 5) is 65.2. The van der Waals surface area contributed by atoms with Crippen LogP contribution in [0.15, 0.2) is 24.3 Å². The van der Waals surface area contributed by atoms with Crippen molar-refractivity contribution in [2.24, 2.45) is 0 Å². The number of amides is 2. The quantitative estimate of drug-likeness (QED) is 0.436. The molecule has 0 unspecified atom stereocenters. The van der Waals surface area contributed by atoms with Gasteiger partial charge in [0, 0.05) is 5.69 Å². The fourth-order valence-electron chi connectivity index (χ4n) is 3.41. The van der Waals surface area contributed by atoms with E-state index in [4.69, 9.17) is 9.47 Å². The van der Waals surface area contributed by atoms with Crippen molar-refractivity contribution in [1.29, 1.82) is 0 Å². The number of aryl methyl sites for hydroxylation is 1. The number of ketones is 1. The van der Waals surface area contributed by atoms with Crippen molar-refractivity contribution in [3.63, 3.8) is 0 Å². The van der Waals surface area contributed by atoms with Crippen LogP contribution in [0.25, 0.3) is 0 Å². The summed E-state index contributed by atoms with van der Waals surface area (Å²) in [5.41, 5.74) is 1.62. The van der Waals surface area contributed by atoms with Gasteiger partial charge in [-0.2, -0.15) is 0 Å². The lowest BCUT2D eigenvalue weighted by atomic mass is 10.1. The van der Waals surface area contributed by atoms with E-state index in [0.29, 0.717) is 11.3 Å². The lowest BCUT2D eigenvalue weighted by Gasteiger charge is -2.16. The summed E-state index contributed by atoms with van der Waals surface area (Å²) in [6.07, 6.45) is -1.20. The molecule has 1 aromatic carbocycles. The molecule has 2 heterocycles. The van der Waals surface area contributed by atoms with Crippen LogP contribution in [0.2, 0.25) is 0 Å². The Balaban J connectivity index is 1.70. The molecule has 9 heteroatoms. The van der Waals surface area contributed by atoms with Gasteiger partial charge in [0.1, 0.15) is 6.54 Å². The van der Waals surface area contributed by atoms with Crippen LogP contribution < -0.4 is 0 Å². The van der Waals surface area contributed by atoms with Crippen molar-refractivity contribution in [2.75, 3.05) is 13.7 Å². The molecule has 1 aliphatic rings. The molecule has 2 aromatic rings. The molecular formula is C21H20N2O7. The number of carbonyl (C=O) groups is 5. The zero-order valence-corrected chi connectivity index (χ0v) is 16.9. The molecule has 3 rings (SSSR count). The number of methoxy groups -OCH3 is 1. The second-order valence-corrected chi connectivity index (χ2v) is 6.85. The lowest BCUT2D eigenvalue weighted by Crippen LogP contribution is -2.37. The Labute approximate surface area is 172 Å². The number of ether oxygens (including phenoxy) is 2. The van der Waals surface area contributed by atoms with Crippen LogP contribution in [-0.4, -0.2) is 59.2 Å². The summed E-state index contributed by atoms with van der Waals surface area (Å²) in [5.74, 6) is -3.23. The predicted molar refractivity (Wildman–Crippen MR) is 103 cm³/mol. The molecule has 1 aliphatic heterocycles. The van der Waals surface area contributed by atoms with Gasteiger partial charge in [-0.1, -0.05) is 12.1 Å². The molecular weight excluding hydrogens is 392 g/mol. The van der Waals surface area contributed by atoms with Crippen molar-refractivity contribution in [3.05, 3.63) is 57.9 Å². The molecule has 156 valence electrons. The summed E-state index contributed by atoms with van der Waals surface area (Å²) in [6.45, 7) is 3.96. The molecule has 0 fully saturated rings. The fourth-order valence-corrected chi connectivity index (χ4v) is 3.41. The molecule has 1 atom stereocenters. The van der Waals surface area contributed by atoms with Crippen LogP contribution in [0.4, 0.5) is 0 Å². The van der Waals surface area contributed by atoms with Gasteiger partial charge in [-0.3, -0.25) is 24.1 Å². The highest BCUT2D eigenvalue weighted by molar-refractivity contribution is 6.22. The Morgan fingerprint density at radius 1 is 1.07 bits per heavy atom. The lowest BCUT2D eigenvalue weighted by molar-refractivity contribution is -0.146. The van der Waals surface area contributed by atoms with E-state index in [1.807, 2.05) is 0 Å². The van der Waals surface area contributed by atoms with Crippen molar-refractivity contribution in [3.8, 4) is 0 Å². The number of hydrogen-bond acceptors (Lipinski definition) is 7. The molecule has 30 heavy (non-hydrogen) atoms. The number of fused-ring (bicyclic) bond motifs is 1. The SMILES string of the molecule is COC(=O)c1c(C)[nH]c(C(=O)[C@H](C)OC(=O)CN2C(=O)c3ccccc3C2=O)c1C. The van der Waals surface area contributed by atoms with E-state index in [0.717, 1.165) is 4.90 Å². The van der Waals surface area contributed by atoms with Gasteiger partial charge in [0.05, 0.1) is 29.5 Å². The van der Waals surface area contributed by atoms with E-state index in [1.54, 1.807) is 26.0 Å². The predicted octanol–water partition coefficient (Wildman–Crippen LogP) is 1.83. The molecule has 1 aromatic heterocycles. The topological polar surface area (TPSA) is 123 Å². The number of benzene rings is 1. The van der Waals surface area contributed by atoms with Crippen LogP contribution in [0, 0.1) is 13.8 Å². The van der Waals surface area contributed by atoms with Gasteiger partial charge in [0.25, 0.3) is 11.8 Å². The number of imide groups is 1. The minimum Gasteiger partial charge on any atom is -0.465 e. The Hall–Kier alpha value is -3.75. The van der Waals surface area contributed by atoms with Gasteiger partial charge < -0.3 is 14.5 Å². The molecule has 1 N–H and O–H groups in total.